The van der Waals surface area contributed by atoms with Crippen molar-refractivity contribution in [2.45, 2.75) is 6.42 Å². The van der Waals surface area contributed by atoms with Crippen molar-refractivity contribution in [3.63, 3.8) is 0 Å². The molecule has 1 unspecified atom stereocenters. The van der Waals surface area contributed by atoms with Crippen LogP contribution in [0, 0.1) is 0 Å². The van der Waals surface area contributed by atoms with Gasteiger partial charge in [0.1, 0.15) is 0 Å². The lowest BCUT2D eigenvalue weighted by Crippen LogP contribution is -1.95. The van der Waals surface area contributed by atoms with Crippen LogP contribution in [-0.2, 0) is 11.0 Å². The highest BCUT2D eigenvalue weighted by Gasteiger charge is 1.96. The summed E-state index contributed by atoms with van der Waals surface area (Å²) in [5.41, 5.74) is 1.11. The van der Waals surface area contributed by atoms with Crippen LogP contribution in [0.2, 0.25) is 0 Å². The zero-order chi connectivity index (χ0) is 8.97. The van der Waals surface area contributed by atoms with E-state index >= 15 is 0 Å². The van der Waals surface area contributed by atoms with Crippen LogP contribution in [0.3, 0.4) is 0 Å². The predicted octanol–water partition coefficient (Wildman–Crippen LogP) is 1.51. The van der Waals surface area contributed by atoms with Crippen LogP contribution in [0.4, 0.5) is 0 Å². The maximum atomic E-state index is 10.6. The minimum Gasteiger partial charge on any atom is -0.343 e. The molecule has 0 amide bonds. The van der Waals surface area contributed by atoms with Gasteiger partial charge in [0, 0.05) is 5.30 Å². The van der Waals surface area contributed by atoms with E-state index < -0.39 is 8.03 Å². The second-order valence-electron chi connectivity index (χ2n) is 2.49. The van der Waals surface area contributed by atoms with Crippen molar-refractivity contribution in [2.24, 2.45) is 0 Å². The van der Waals surface area contributed by atoms with Gasteiger partial charge >= 0.3 is 0 Å². The fourth-order valence-corrected chi connectivity index (χ4v) is 1.40. The molecule has 3 heteroatoms. The van der Waals surface area contributed by atoms with Gasteiger partial charge in [-0.15, -0.1) is 6.58 Å². The van der Waals surface area contributed by atoms with E-state index in [0.717, 1.165) is 12.0 Å². The summed E-state index contributed by atoms with van der Waals surface area (Å²) in [5, 5.41) is 0.507. The van der Waals surface area contributed by atoms with Crippen LogP contribution < -0.4 is 5.30 Å². The minimum atomic E-state index is -2.52. The second-order valence-corrected chi connectivity index (χ2v) is 3.68. The van der Waals surface area contributed by atoms with E-state index in [1.807, 2.05) is 12.1 Å². The first kappa shape index (κ1) is 9.24. The highest BCUT2D eigenvalue weighted by molar-refractivity contribution is 7.47. The number of benzene rings is 1. The van der Waals surface area contributed by atoms with Gasteiger partial charge in [0.25, 0.3) is 0 Å². The van der Waals surface area contributed by atoms with E-state index in [2.05, 4.69) is 6.58 Å². The third-order valence-corrected chi connectivity index (χ3v) is 2.41. The van der Waals surface area contributed by atoms with Crippen molar-refractivity contribution >= 4 is 13.3 Å². The lowest BCUT2D eigenvalue weighted by molar-refractivity contribution is 0.513. The summed E-state index contributed by atoms with van der Waals surface area (Å²) in [6, 6.07) is 7.05. The Morgan fingerprint density at radius 3 is 2.42 bits per heavy atom. The largest absolute Gasteiger partial charge is 0.343 e. The van der Waals surface area contributed by atoms with Crippen LogP contribution in [-0.4, -0.2) is 4.89 Å². The van der Waals surface area contributed by atoms with Crippen molar-refractivity contribution in [1.29, 1.82) is 0 Å². The molecule has 0 fully saturated rings. The maximum absolute atomic E-state index is 10.6. The molecular weight excluding hydrogens is 171 g/mol. The number of hydrogen-bond donors (Lipinski definition) is 1. The van der Waals surface area contributed by atoms with Gasteiger partial charge in [-0.1, -0.05) is 18.2 Å². The SMILES string of the molecule is C=CCc1ccc([PH](=O)O)cc1. The monoisotopic (exact) mass is 182 g/mol. The first-order valence-electron chi connectivity index (χ1n) is 3.67. The number of allylic oxidation sites excluding steroid dienone is 1. The maximum Gasteiger partial charge on any atom is 0.218 e. The Kier molecular flexibility index (Phi) is 3.27. The minimum absolute atomic E-state index is 0.507. The van der Waals surface area contributed by atoms with Gasteiger partial charge < -0.3 is 4.89 Å². The topological polar surface area (TPSA) is 37.3 Å². The Bertz CT molecular complexity index is 290. The molecule has 0 aliphatic rings. The molecule has 0 saturated carbocycles. The van der Waals surface area contributed by atoms with Crippen molar-refractivity contribution in [1.82, 2.24) is 0 Å². The van der Waals surface area contributed by atoms with Gasteiger partial charge in [0.15, 0.2) is 0 Å². The summed E-state index contributed by atoms with van der Waals surface area (Å²) < 4.78 is 10.6. The van der Waals surface area contributed by atoms with Crippen molar-refractivity contribution in [2.75, 3.05) is 0 Å². The Balaban J connectivity index is 2.85. The quantitative estimate of drug-likeness (QED) is 0.568. The summed E-state index contributed by atoms with van der Waals surface area (Å²) in [6.45, 7) is 3.61. The smallest absolute Gasteiger partial charge is 0.218 e. The van der Waals surface area contributed by atoms with E-state index in [-0.39, 0.29) is 0 Å². The summed E-state index contributed by atoms with van der Waals surface area (Å²) in [7, 11) is -2.52. The molecule has 64 valence electrons. The number of rotatable bonds is 3. The van der Waals surface area contributed by atoms with Crippen LogP contribution >= 0.6 is 8.03 Å². The molecule has 1 aromatic rings. The Labute approximate surface area is 72.4 Å². The highest BCUT2D eigenvalue weighted by Crippen LogP contribution is 2.12. The standard InChI is InChI=1S/C9H11O2P/c1-2-3-8-4-6-9(7-5-8)12(10)11/h2,4-7,12H,1,3H2,(H,10,11). The van der Waals surface area contributed by atoms with E-state index in [1.165, 1.54) is 0 Å². The molecule has 1 atom stereocenters. The molecule has 12 heavy (non-hydrogen) atoms. The molecule has 2 nitrogen and oxygen atoms in total. The lowest BCUT2D eigenvalue weighted by Gasteiger charge is -1.97. The van der Waals surface area contributed by atoms with E-state index in [0.29, 0.717) is 5.30 Å². The third kappa shape index (κ3) is 2.33. The van der Waals surface area contributed by atoms with Crippen molar-refractivity contribution in [3.8, 4) is 0 Å². The first-order valence-corrected chi connectivity index (χ1v) is 5.02. The van der Waals surface area contributed by atoms with E-state index in [4.69, 9.17) is 4.89 Å². The molecule has 1 aromatic carbocycles. The lowest BCUT2D eigenvalue weighted by atomic mass is 10.2. The Hall–Kier alpha value is -0.850. The first-order chi connectivity index (χ1) is 5.74. The summed E-state index contributed by atoms with van der Waals surface area (Å²) >= 11 is 0. The van der Waals surface area contributed by atoms with E-state index in [9.17, 15) is 4.57 Å². The second kappa shape index (κ2) is 4.24. The number of hydrogen-bond acceptors (Lipinski definition) is 1. The fraction of sp³-hybridized carbons (Fsp3) is 0.111. The van der Waals surface area contributed by atoms with Gasteiger partial charge in [-0.2, -0.15) is 0 Å². The average molecular weight is 182 g/mol. The Morgan fingerprint density at radius 2 is 2.00 bits per heavy atom. The molecule has 1 N–H and O–H groups in total. The molecular formula is C9H11O2P. The van der Waals surface area contributed by atoms with Crippen molar-refractivity contribution in [3.05, 3.63) is 42.5 Å². The van der Waals surface area contributed by atoms with Gasteiger partial charge in [-0.25, -0.2) is 0 Å². The predicted molar refractivity (Wildman–Crippen MR) is 51.2 cm³/mol. The van der Waals surface area contributed by atoms with Gasteiger partial charge in [0.05, 0.1) is 0 Å². The summed E-state index contributed by atoms with van der Waals surface area (Å²) in [5.74, 6) is 0. The van der Waals surface area contributed by atoms with E-state index in [1.54, 1.807) is 18.2 Å². The molecule has 0 aromatic heterocycles. The van der Waals surface area contributed by atoms with Crippen LogP contribution in [0.1, 0.15) is 5.56 Å². The van der Waals surface area contributed by atoms with Gasteiger partial charge in [-0.3, -0.25) is 4.57 Å². The molecule has 0 heterocycles. The third-order valence-electron chi connectivity index (χ3n) is 1.58. The molecule has 0 spiro atoms. The van der Waals surface area contributed by atoms with Crippen LogP contribution in [0.25, 0.3) is 0 Å². The molecule has 0 radical (unpaired) electrons. The molecule has 0 saturated heterocycles. The molecule has 0 bridgehead atoms. The zero-order valence-corrected chi connectivity index (χ0v) is 7.66. The normalized spacial score (nSPS) is 12.4. The molecule has 0 aliphatic carbocycles. The van der Waals surface area contributed by atoms with Gasteiger partial charge in [0.2, 0.25) is 8.03 Å². The molecule has 0 aliphatic heterocycles. The van der Waals surface area contributed by atoms with Crippen LogP contribution in [0.15, 0.2) is 36.9 Å². The van der Waals surface area contributed by atoms with Crippen molar-refractivity contribution < 1.29 is 9.46 Å². The fourth-order valence-electron chi connectivity index (χ4n) is 0.950. The summed E-state index contributed by atoms with van der Waals surface area (Å²) in [4.78, 5) is 8.77. The van der Waals surface area contributed by atoms with Crippen LogP contribution in [0.5, 0.6) is 0 Å². The van der Waals surface area contributed by atoms with Gasteiger partial charge in [-0.05, 0) is 24.1 Å². The highest BCUT2D eigenvalue weighted by atomic mass is 31.1. The molecule has 1 rings (SSSR count). The zero-order valence-electron chi connectivity index (χ0n) is 6.66. The summed E-state index contributed by atoms with van der Waals surface area (Å²) in [6.07, 6.45) is 2.60. The Morgan fingerprint density at radius 1 is 1.42 bits per heavy atom. The average Bonchev–Trinajstić information content (AvgIpc) is 2.06.